The van der Waals surface area contributed by atoms with Gasteiger partial charge >= 0.3 is 0 Å². The molecule has 0 saturated heterocycles. The molecule has 2 rings (SSSR count). The van der Waals surface area contributed by atoms with Crippen molar-refractivity contribution in [1.82, 2.24) is 4.90 Å². The number of hydrogen-bond acceptors (Lipinski definition) is 4. The van der Waals surface area contributed by atoms with E-state index in [1.165, 1.54) is 11.1 Å². The summed E-state index contributed by atoms with van der Waals surface area (Å²) in [5, 5.41) is 11.8. The summed E-state index contributed by atoms with van der Waals surface area (Å²) in [5.74, 6) is 1.39. The van der Waals surface area contributed by atoms with Crippen molar-refractivity contribution < 1.29 is 9.94 Å². The van der Waals surface area contributed by atoms with Crippen molar-refractivity contribution in [2.45, 2.75) is 26.7 Å². The van der Waals surface area contributed by atoms with Gasteiger partial charge in [-0.1, -0.05) is 31.1 Å². The van der Waals surface area contributed by atoms with Gasteiger partial charge in [0.05, 0.1) is 6.61 Å². The molecule has 1 heterocycles. The van der Waals surface area contributed by atoms with Gasteiger partial charge in [-0.25, -0.2) is 0 Å². The van der Waals surface area contributed by atoms with Gasteiger partial charge in [0.25, 0.3) is 0 Å². The van der Waals surface area contributed by atoms with Crippen LogP contribution in [-0.4, -0.2) is 42.2 Å². The van der Waals surface area contributed by atoms with E-state index in [-0.39, 0.29) is 5.92 Å². The van der Waals surface area contributed by atoms with Gasteiger partial charge in [0.15, 0.2) is 0 Å². The average molecular weight is 291 g/mol. The van der Waals surface area contributed by atoms with E-state index >= 15 is 0 Å². The molecule has 5 heteroatoms. The van der Waals surface area contributed by atoms with Gasteiger partial charge in [0.1, 0.15) is 11.6 Å². The highest BCUT2D eigenvalue weighted by atomic mass is 16.5. The molecule has 0 radical (unpaired) electrons. The second kappa shape index (κ2) is 7.31. The van der Waals surface area contributed by atoms with E-state index in [4.69, 9.17) is 15.7 Å². The number of fused-ring (bicyclic) bond motifs is 1. The molecule has 0 bridgehead atoms. The van der Waals surface area contributed by atoms with Crippen molar-refractivity contribution in [2.24, 2.45) is 16.8 Å². The molecule has 1 aromatic rings. The Balaban J connectivity index is 1.88. The van der Waals surface area contributed by atoms with E-state index in [0.717, 1.165) is 44.8 Å². The summed E-state index contributed by atoms with van der Waals surface area (Å²) in [5.41, 5.74) is 8.31. The first-order valence-electron chi connectivity index (χ1n) is 7.58. The van der Waals surface area contributed by atoms with E-state index in [2.05, 4.69) is 35.2 Å². The standard InChI is InChI=1S/C16H25N3O2/c1-3-19(11-12(2)16(17)18-20)8-6-13-4-5-15-14(10-13)7-9-21-15/h4-5,10,12,20H,3,6-9,11H2,1-2H3,(H2,17,18). The Labute approximate surface area is 126 Å². The lowest BCUT2D eigenvalue weighted by atomic mass is 10.1. The quantitative estimate of drug-likeness (QED) is 0.348. The minimum Gasteiger partial charge on any atom is -0.493 e. The lowest BCUT2D eigenvalue weighted by Gasteiger charge is -2.23. The van der Waals surface area contributed by atoms with E-state index in [1.807, 2.05) is 6.92 Å². The van der Waals surface area contributed by atoms with Crippen molar-refractivity contribution in [3.8, 4) is 5.75 Å². The van der Waals surface area contributed by atoms with Gasteiger partial charge in [-0.3, -0.25) is 0 Å². The largest absolute Gasteiger partial charge is 0.493 e. The summed E-state index contributed by atoms with van der Waals surface area (Å²) in [7, 11) is 0. The highest BCUT2D eigenvalue weighted by Gasteiger charge is 2.14. The first-order chi connectivity index (χ1) is 10.1. The van der Waals surface area contributed by atoms with Crippen LogP contribution in [0, 0.1) is 5.92 Å². The summed E-state index contributed by atoms with van der Waals surface area (Å²) in [6, 6.07) is 6.47. The van der Waals surface area contributed by atoms with Crippen LogP contribution in [0.1, 0.15) is 25.0 Å². The summed E-state index contributed by atoms with van der Waals surface area (Å²) in [4.78, 5) is 2.33. The van der Waals surface area contributed by atoms with Crippen LogP contribution in [0.2, 0.25) is 0 Å². The van der Waals surface area contributed by atoms with Crippen molar-refractivity contribution in [2.75, 3.05) is 26.2 Å². The molecule has 5 nitrogen and oxygen atoms in total. The molecular formula is C16H25N3O2. The molecule has 1 aliphatic heterocycles. The average Bonchev–Trinajstić information content (AvgIpc) is 2.97. The van der Waals surface area contributed by atoms with E-state index in [0.29, 0.717) is 5.84 Å². The number of benzene rings is 1. The van der Waals surface area contributed by atoms with Crippen molar-refractivity contribution >= 4 is 5.84 Å². The first-order valence-corrected chi connectivity index (χ1v) is 7.58. The van der Waals surface area contributed by atoms with E-state index in [9.17, 15) is 0 Å². The maximum Gasteiger partial charge on any atom is 0.143 e. The van der Waals surface area contributed by atoms with Gasteiger partial charge in [0.2, 0.25) is 0 Å². The predicted octanol–water partition coefficient (Wildman–Crippen LogP) is 1.87. The molecule has 0 fully saturated rings. The Kier molecular flexibility index (Phi) is 5.44. The molecule has 0 amide bonds. The van der Waals surface area contributed by atoms with Gasteiger partial charge < -0.3 is 20.6 Å². The zero-order valence-corrected chi connectivity index (χ0v) is 12.9. The number of hydrogen-bond donors (Lipinski definition) is 2. The number of oxime groups is 1. The number of nitrogens with zero attached hydrogens (tertiary/aromatic N) is 2. The van der Waals surface area contributed by atoms with Crippen LogP contribution >= 0.6 is 0 Å². The molecule has 21 heavy (non-hydrogen) atoms. The normalized spacial score (nSPS) is 15.9. The Morgan fingerprint density at radius 3 is 3.05 bits per heavy atom. The van der Waals surface area contributed by atoms with Crippen LogP contribution in [0.25, 0.3) is 0 Å². The third kappa shape index (κ3) is 4.11. The number of rotatable bonds is 7. The minimum absolute atomic E-state index is 0.0587. The summed E-state index contributed by atoms with van der Waals surface area (Å²) >= 11 is 0. The van der Waals surface area contributed by atoms with Gasteiger partial charge in [0, 0.05) is 25.4 Å². The molecule has 116 valence electrons. The molecule has 1 atom stereocenters. The lowest BCUT2D eigenvalue weighted by molar-refractivity contribution is 0.267. The maximum atomic E-state index is 8.72. The third-order valence-electron chi connectivity index (χ3n) is 4.07. The molecule has 0 saturated carbocycles. The summed E-state index contributed by atoms with van der Waals surface area (Å²) < 4.78 is 5.53. The Bertz CT molecular complexity index is 502. The van der Waals surface area contributed by atoms with Crippen LogP contribution in [0.15, 0.2) is 23.4 Å². The third-order valence-corrected chi connectivity index (χ3v) is 4.07. The molecule has 3 N–H and O–H groups in total. The zero-order valence-electron chi connectivity index (χ0n) is 12.9. The Hall–Kier alpha value is -1.75. The Morgan fingerprint density at radius 1 is 1.52 bits per heavy atom. The Morgan fingerprint density at radius 2 is 2.33 bits per heavy atom. The van der Waals surface area contributed by atoms with E-state index in [1.54, 1.807) is 0 Å². The summed E-state index contributed by atoms with van der Waals surface area (Å²) in [6.45, 7) is 7.65. The van der Waals surface area contributed by atoms with Gasteiger partial charge in [-0.05, 0) is 30.2 Å². The second-order valence-corrected chi connectivity index (χ2v) is 5.61. The topological polar surface area (TPSA) is 71.1 Å². The fraction of sp³-hybridized carbons (Fsp3) is 0.562. The highest BCUT2D eigenvalue weighted by molar-refractivity contribution is 5.82. The van der Waals surface area contributed by atoms with Crippen molar-refractivity contribution in [1.29, 1.82) is 0 Å². The smallest absolute Gasteiger partial charge is 0.143 e. The first kappa shape index (κ1) is 15.6. The number of amidine groups is 1. The number of ether oxygens (including phenoxy) is 1. The van der Waals surface area contributed by atoms with Crippen LogP contribution in [-0.2, 0) is 12.8 Å². The molecule has 0 aromatic heterocycles. The lowest BCUT2D eigenvalue weighted by Crippen LogP contribution is -2.36. The highest BCUT2D eigenvalue weighted by Crippen LogP contribution is 2.26. The number of nitrogens with two attached hydrogens (primary N) is 1. The fourth-order valence-corrected chi connectivity index (χ4v) is 2.64. The van der Waals surface area contributed by atoms with Crippen LogP contribution in [0.5, 0.6) is 5.75 Å². The molecule has 1 aromatic carbocycles. The monoisotopic (exact) mass is 291 g/mol. The molecule has 1 unspecified atom stereocenters. The SMILES string of the molecule is CCN(CCc1ccc2c(c1)CCO2)CC(C)C(N)=NO. The molecular weight excluding hydrogens is 266 g/mol. The van der Waals surface area contributed by atoms with Crippen LogP contribution in [0.4, 0.5) is 0 Å². The van der Waals surface area contributed by atoms with E-state index < -0.39 is 0 Å². The van der Waals surface area contributed by atoms with Gasteiger partial charge in [-0.2, -0.15) is 0 Å². The number of likely N-dealkylation sites (N-methyl/N-ethyl adjacent to an activating group) is 1. The molecule has 1 aliphatic rings. The van der Waals surface area contributed by atoms with Crippen molar-refractivity contribution in [3.05, 3.63) is 29.3 Å². The van der Waals surface area contributed by atoms with Crippen LogP contribution < -0.4 is 10.5 Å². The summed E-state index contributed by atoms with van der Waals surface area (Å²) in [6.07, 6.45) is 2.02. The zero-order chi connectivity index (χ0) is 15.2. The predicted molar refractivity (Wildman–Crippen MR) is 84.0 cm³/mol. The fourth-order valence-electron chi connectivity index (χ4n) is 2.64. The second-order valence-electron chi connectivity index (χ2n) is 5.61. The maximum absolute atomic E-state index is 8.72. The molecule has 0 aliphatic carbocycles. The van der Waals surface area contributed by atoms with Gasteiger partial charge in [-0.15, -0.1) is 0 Å². The minimum atomic E-state index is 0.0587. The van der Waals surface area contributed by atoms with Crippen LogP contribution in [0.3, 0.4) is 0 Å². The van der Waals surface area contributed by atoms with Crippen molar-refractivity contribution in [3.63, 3.8) is 0 Å². The molecule has 0 spiro atoms.